The van der Waals surface area contributed by atoms with Crippen LogP contribution in [0.3, 0.4) is 0 Å². The summed E-state index contributed by atoms with van der Waals surface area (Å²) in [6.45, 7) is 29.7. The highest BCUT2D eigenvalue weighted by Gasteiger charge is 2.19. The Hall–Kier alpha value is -9.68. The molecule has 0 aromatic heterocycles. The van der Waals surface area contributed by atoms with E-state index in [1.807, 2.05) is 48.5 Å². The van der Waals surface area contributed by atoms with E-state index < -0.39 is 0 Å². The zero-order valence-corrected chi connectivity index (χ0v) is 72.0. The molecule has 9 heterocycles. The van der Waals surface area contributed by atoms with Crippen LogP contribution in [0.5, 0.6) is 23.0 Å². The second-order valence-corrected chi connectivity index (χ2v) is 30.6. The van der Waals surface area contributed by atoms with Gasteiger partial charge in [0.1, 0.15) is 49.4 Å². The minimum Gasteiger partial charge on any atom is -0.491 e. The maximum atomic E-state index is 6.08. The van der Waals surface area contributed by atoms with Crippen molar-refractivity contribution in [3.8, 4) is 23.0 Å². The van der Waals surface area contributed by atoms with Crippen LogP contribution in [0.2, 0.25) is 0 Å². The normalized spacial score (nSPS) is 21.8. The van der Waals surface area contributed by atoms with E-state index in [4.69, 9.17) is 47.4 Å². The number of benzene rings is 8. The molecule has 9 aliphatic rings. The summed E-state index contributed by atoms with van der Waals surface area (Å²) in [7, 11) is 0. The summed E-state index contributed by atoms with van der Waals surface area (Å²) >= 11 is 0. The second kappa shape index (κ2) is 58.4. The van der Waals surface area contributed by atoms with Gasteiger partial charge in [0.05, 0.1) is 79.3 Å². The minimum absolute atomic E-state index is 0.452. The molecule has 0 saturated carbocycles. The molecule has 0 amide bonds. The third-order valence-corrected chi connectivity index (χ3v) is 21.4. The first-order chi connectivity index (χ1) is 60.5. The van der Waals surface area contributed by atoms with Crippen LogP contribution >= 0.6 is 0 Å². The molecule has 17 rings (SSSR count). The Kier molecular flexibility index (Phi) is 44.5. The molecule has 0 aliphatic carbocycles. The Morgan fingerprint density at radius 1 is 0.197 bits per heavy atom. The van der Waals surface area contributed by atoms with Crippen molar-refractivity contribution >= 4 is 48.6 Å². The zero-order valence-electron chi connectivity index (χ0n) is 72.0. The quantitative estimate of drug-likeness (QED) is 0.115. The van der Waals surface area contributed by atoms with Crippen molar-refractivity contribution in [1.82, 2.24) is 39.2 Å². The summed E-state index contributed by atoms with van der Waals surface area (Å²) in [4.78, 5) is 20.9. The van der Waals surface area contributed by atoms with Crippen LogP contribution in [0.15, 0.2) is 267 Å². The van der Waals surface area contributed by atoms with Gasteiger partial charge in [0.15, 0.2) is 0 Å². The van der Waals surface area contributed by atoms with Gasteiger partial charge >= 0.3 is 0 Å². The molecule has 0 unspecified atom stereocenters. The van der Waals surface area contributed by atoms with Crippen LogP contribution in [0.25, 0.3) is 48.6 Å². The van der Waals surface area contributed by atoms with Crippen molar-refractivity contribution in [2.45, 2.75) is 0 Å². The minimum atomic E-state index is 0.452. The van der Waals surface area contributed by atoms with Crippen molar-refractivity contribution in [2.24, 2.45) is 0 Å². The lowest BCUT2D eigenvalue weighted by Crippen LogP contribution is -2.46. The highest BCUT2D eigenvalue weighted by atomic mass is 16.6. The fraction of sp³-hybridized carbons (Fsp3) is 0.385. The van der Waals surface area contributed by atoms with Crippen molar-refractivity contribution in [1.29, 1.82) is 0 Å². The van der Waals surface area contributed by atoms with E-state index in [0.717, 1.165) is 202 Å². The van der Waals surface area contributed by atoms with E-state index >= 15 is 0 Å². The van der Waals surface area contributed by atoms with Gasteiger partial charge in [-0.15, -0.1) is 0 Å². The lowest BCUT2D eigenvalue weighted by molar-refractivity contribution is 0.00499. The average Bonchev–Trinajstić information content (AvgIpc) is 0.927. The molecular formula is C104H132N8O10. The van der Waals surface area contributed by atoms with Gasteiger partial charge in [-0.3, -0.25) is 39.2 Å². The number of hydrogen-bond donors (Lipinski definition) is 0. The summed E-state index contributed by atoms with van der Waals surface area (Å²) < 4.78 is 59.4. The third-order valence-electron chi connectivity index (χ3n) is 21.4. The van der Waals surface area contributed by atoms with Gasteiger partial charge in [-0.1, -0.05) is 267 Å². The Balaban J connectivity index is 0.678. The van der Waals surface area contributed by atoms with Gasteiger partial charge in [0.2, 0.25) is 0 Å². The SMILES string of the molecule is C1=C\c2ccc(cc2)OCCOCCOCCOCCOc2ccc(cc2)/C=C/CN2CCN(C/C=C/c3ccccc3)CCN(C/C=C/c3ccc(cc3)OCCOCCOCCOCCOc3ccc(cc3)/C=C\CN3CCN(C/C=C/c4ccccc4)CCN(C/1)CCN(C/C=C/c1ccccc1)CC3)CCN(C/C=C/c1ccccc1)CC2. The van der Waals surface area contributed by atoms with E-state index in [9.17, 15) is 0 Å². The number of ether oxygens (including phenoxy) is 10. The van der Waals surface area contributed by atoms with Crippen molar-refractivity contribution in [3.63, 3.8) is 0 Å². The number of hydrogen-bond acceptors (Lipinski definition) is 18. The lowest BCUT2D eigenvalue weighted by Gasteiger charge is -2.33. The molecule has 648 valence electrons. The van der Waals surface area contributed by atoms with Crippen molar-refractivity contribution in [2.75, 3.05) is 263 Å². The van der Waals surface area contributed by atoms with Gasteiger partial charge < -0.3 is 47.4 Å². The molecule has 0 radical (unpaired) electrons. The fourth-order valence-electron chi connectivity index (χ4n) is 14.2. The molecule has 122 heavy (non-hydrogen) atoms. The standard InChI is InChI=1S/C104H132N8O10/c1-5-21-93(22-6-1)29-13-53-105-61-69-109-57-17-33-97-37-45-101(46-38-97)119-89-85-115-81-77-113-79-83-117-87-91-121-103-49-41-99(42-50-103)35-19-59-111-73-65-107(55-15-31-95-25-9-3-10-26-95)66-74-112(76-68-108(67-75-111)56-16-32-96-27-11-4-12-28-96)60-20-36-100-43-51-104(52-44-100)122-92-88-118-84-80-114-78-82-116-86-90-120-102-47-39-98(40-48-102)34-18-58-110(70-62-105)72-64-106(63-71-109)54-14-30-94-23-7-2-8-24-94/h1-52H,53-92H2/b29-13+,30-14+,31-15+,32-16+,33-17-,34-18-,35-19+,36-20+. The monoisotopic (exact) mass is 1650 g/mol. The van der Waals surface area contributed by atoms with Gasteiger partial charge in [-0.05, 0) is 93.0 Å². The van der Waals surface area contributed by atoms with Gasteiger partial charge in [-0.2, -0.15) is 0 Å². The van der Waals surface area contributed by atoms with E-state index in [0.29, 0.717) is 106 Å². The van der Waals surface area contributed by atoms with Crippen LogP contribution in [-0.2, 0) is 28.4 Å². The lowest BCUT2D eigenvalue weighted by atomic mass is 10.2. The third kappa shape index (κ3) is 39.7. The first-order valence-corrected chi connectivity index (χ1v) is 44.2. The summed E-state index contributed by atoms with van der Waals surface area (Å²) in [5.41, 5.74) is 9.43. The Labute approximate surface area is 728 Å². The van der Waals surface area contributed by atoms with Crippen molar-refractivity contribution in [3.05, 3.63) is 312 Å². The summed E-state index contributed by atoms with van der Waals surface area (Å²) in [5, 5.41) is 0. The highest BCUT2D eigenvalue weighted by Crippen LogP contribution is 2.20. The number of nitrogens with zero attached hydrogens (tertiary/aromatic N) is 8. The molecule has 12 bridgehead atoms. The van der Waals surface area contributed by atoms with E-state index in [-0.39, 0.29) is 0 Å². The molecule has 2 saturated heterocycles. The smallest absolute Gasteiger partial charge is 0.119 e. The van der Waals surface area contributed by atoms with Crippen LogP contribution in [-0.4, -0.2) is 302 Å². The number of rotatable bonds is 12. The molecular weight excluding hydrogens is 1520 g/mol. The van der Waals surface area contributed by atoms with Crippen LogP contribution in [0.1, 0.15) is 44.5 Å². The van der Waals surface area contributed by atoms with Crippen LogP contribution in [0, 0.1) is 0 Å². The predicted molar refractivity (Wildman–Crippen MR) is 502 cm³/mol. The molecule has 18 heteroatoms. The first kappa shape index (κ1) is 93.0. The first-order valence-electron chi connectivity index (χ1n) is 44.2. The predicted octanol–water partition coefficient (Wildman–Crippen LogP) is 15.8. The maximum absolute atomic E-state index is 6.08. The Morgan fingerprint density at radius 3 is 0.566 bits per heavy atom. The molecule has 9 aliphatic heterocycles. The molecule has 2 fully saturated rings. The summed E-state index contributed by atoms with van der Waals surface area (Å²) in [6, 6.07) is 75.8. The van der Waals surface area contributed by atoms with E-state index in [1.165, 1.54) is 22.3 Å². The summed E-state index contributed by atoms with van der Waals surface area (Å²) in [5.74, 6) is 3.27. The molecule has 18 nitrogen and oxygen atoms in total. The van der Waals surface area contributed by atoms with Gasteiger partial charge in [-0.25, -0.2) is 0 Å². The second-order valence-electron chi connectivity index (χ2n) is 30.6. The average molecular weight is 1650 g/mol. The van der Waals surface area contributed by atoms with Crippen LogP contribution < -0.4 is 18.9 Å². The molecule has 8 aromatic rings. The van der Waals surface area contributed by atoms with Crippen molar-refractivity contribution < 1.29 is 47.4 Å². The molecule has 8 aromatic carbocycles. The Morgan fingerprint density at radius 2 is 0.377 bits per heavy atom. The van der Waals surface area contributed by atoms with E-state index in [2.05, 4.69) is 306 Å². The topological polar surface area (TPSA) is 118 Å². The van der Waals surface area contributed by atoms with Gasteiger partial charge in [0.25, 0.3) is 0 Å². The molecule has 0 N–H and O–H groups in total. The zero-order chi connectivity index (χ0) is 83.7. The molecule has 0 spiro atoms. The fourth-order valence-corrected chi connectivity index (χ4v) is 14.2. The van der Waals surface area contributed by atoms with E-state index in [1.54, 1.807) is 0 Å². The molecule has 0 atom stereocenters. The Bertz CT molecular complexity index is 3710. The largest absolute Gasteiger partial charge is 0.491 e. The van der Waals surface area contributed by atoms with Crippen LogP contribution in [0.4, 0.5) is 0 Å². The maximum Gasteiger partial charge on any atom is 0.119 e. The highest BCUT2D eigenvalue weighted by molar-refractivity contribution is 5.55. The summed E-state index contributed by atoms with van der Waals surface area (Å²) in [6.07, 6.45) is 36.5. The van der Waals surface area contributed by atoms with Gasteiger partial charge in [0, 0.05) is 157 Å².